The van der Waals surface area contributed by atoms with Crippen LogP contribution in [0.3, 0.4) is 0 Å². The topological polar surface area (TPSA) is 71.0 Å². The van der Waals surface area contributed by atoms with Crippen molar-refractivity contribution < 1.29 is 14.3 Å². The van der Waals surface area contributed by atoms with Crippen molar-refractivity contribution in [1.29, 1.82) is 0 Å². The van der Waals surface area contributed by atoms with Crippen molar-refractivity contribution in [3.8, 4) is 0 Å². The van der Waals surface area contributed by atoms with Crippen LogP contribution in [0.4, 0.5) is 0 Å². The number of amidine groups is 1. The van der Waals surface area contributed by atoms with Crippen LogP contribution < -0.4 is 5.32 Å². The van der Waals surface area contributed by atoms with Gasteiger partial charge in [0.1, 0.15) is 11.4 Å². The second-order valence-electron chi connectivity index (χ2n) is 5.91. The number of allylic oxidation sites excluding steroid dienone is 2. The number of carbonyl (C=O) groups is 2. The lowest BCUT2D eigenvalue weighted by molar-refractivity contribution is -0.134. The van der Waals surface area contributed by atoms with E-state index in [1.54, 1.807) is 30.2 Å². The van der Waals surface area contributed by atoms with Crippen LogP contribution in [-0.2, 0) is 14.3 Å². The average Bonchev–Trinajstić information content (AvgIpc) is 2.46. The Kier molecular flexibility index (Phi) is 5.13. The first kappa shape index (κ1) is 16.4. The number of hydrogen-bond acceptors (Lipinski definition) is 4. The fraction of sp³-hybridized carbons (Fsp3) is 0.562. The molecule has 2 amide bonds. The van der Waals surface area contributed by atoms with Gasteiger partial charge in [-0.3, -0.25) is 9.59 Å². The summed E-state index contributed by atoms with van der Waals surface area (Å²) in [6.45, 7) is 6.85. The Morgan fingerprint density at radius 1 is 1.50 bits per heavy atom. The summed E-state index contributed by atoms with van der Waals surface area (Å²) in [6.07, 6.45) is 8.15. The third-order valence-electron chi connectivity index (χ3n) is 3.65. The second-order valence-corrected chi connectivity index (χ2v) is 5.91. The van der Waals surface area contributed by atoms with Crippen molar-refractivity contribution in [2.75, 3.05) is 13.2 Å². The Labute approximate surface area is 130 Å². The Balaban J connectivity index is 1.96. The van der Waals surface area contributed by atoms with Crippen LogP contribution in [0.2, 0.25) is 0 Å². The molecule has 0 saturated heterocycles. The molecule has 0 saturated carbocycles. The number of nitrogens with one attached hydrogen (secondary N) is 1. The predicted octanol–water partition coefficient (Wildman–Crippen LogP) is 1.39. The number of carbonyl (C=O) groups excluding carboxylic acids is 2. The Bertz CT molecular complexity index is 537. The number of amides is 2. The maximum absolute atomic E-state index is 12.6. The number of aliphatic imine (C=N–C) groups is 1. The van der Waals surface area contributed by atoms with Gasteiger partial charge in [0.2, 0.25) is 5.91 Å². The molecule has 0 bridgehead atoms. The van der Waals surface area contributed by atoms with E-state index in [-0.39, 0.29) is 24.3 Å². The van der Waals surface area contributed by atoms with E-state index in [0.29, 0.717) is 19.0 Å². The van der Waals surface area contributed by atoms with Crippen molar-refractivity contribution in [3.05, 3.63) is 24.4 Å². The van der Waals surface area contributed by atoms with Gasteiger partial charge in [0, 0.05) is 19.4 Å². The first-order chi connectivity index (χ1) is 10.4. The molecule has 0 radical (unpaired) electrons. The summed E-state index contributed by atoms with van der Waals surface area (Å²) in [7, 11) is 0. The van der Waals surface area contributed by atoms with Crippen molar-refractivity contribution in [2.24, 2.45) is 4.99 Å². The molecule has 1 N–H and O–H groups in total. The maximum Gasteiger partial charge on any atom is 0.250 e. The molecule has 2 aliphatic rings. The number of ether oxygens (including phenoxy) is 1. The second kappa shape index (κ2) is 6.87. The Morgan fingerprint density at radius 2 is 2.27 bits per heavy atom. The van der Waals surface area contributed by atoms with Crippen LogP contribution >= 0.6 is 0 Å². The van der Waals surface area contributed by atoms with Crippen LogP contribution in [0.5, 0.6) is 0 Å². The van der Waals surface area contributed by atoms with Gasteiger partial charge in [0.05, 0.1) is 12.5 Å². The molecule has 1 unspecified atom stereocenters. The molecule has 6 nitrogen and oxygen atoms in total. The zero-order valence-corrected chi connectivity index (χ0v) is 13.3. The third-order valence-corrected chi connectivity index (χ3v) is 3.65. The summed E-state index contributed by atoms with van der Waals surface area (Å²) < 4.78 is 5.44. The van der Waals surface area contributed by atoms with Crippen LogP contribution in [0.1, 0.15) is 33.6 Å². The molecule has 0 spiro atoms. The molecule has 0 aromatic heterocycles. The van der Waals surface area contributed by atoms with Gasteiger partial charge in [-0.15, -0.1) is 0 Å². The fourth-order valence-corrected chi connectivity index (χ4v) is 2.46. The number of rotatable bonds is 6. The van der Waals surface area contributed by atoms with E-state index in [1.165, 1.54) is 0 Å². The lowest BCUT2D eigenvalue weighted by atomic mass is 9.91. The lowest BCUT2D eigenvalue weighted by Crippen LogP contribution is -2.60. The molecule has 120 valence electrons. The van der Waals surface area contributed by atoms with Crippen molar-refractivity contribution in [3.63, 3.8) is 0 Å². The quantitative estimate of drug-likeness (QED) is 0.753. The van der Waals surface area contributed by atoms with E-state index in [4.69, 9.17) is 4.74 Å². The SMILES string of the molecule is CC(C)OCCCNC(=O)C1(C)CC(=O)N=C2C=CC=CN21. The van der Waals surface area contributed by atoms with Gasteiger partial charge in [-0.1, -0.05) is 6.08 Å². The first-order valence-corrected chi connectivity index (χ1v) is 7.59. The number of fused-ring (bicyclic) bond motifs is 1. The molecule has 1 atom stereocenters. The largest absolute Gasteiger partial charge is 0.379 e. The van der Waals surface area contributed by atoms with Crippen molar-refractivity contribution in [2.45, 2.75) is 45.3 Å². The highest BCUT2D eigenvalue weighted by Gasteiger charge is 2.44. The molecule has 22 heavy (non-hydrogen) atoms. The standard InChI is InChI=1S/C16H23N3O3/c1-12(2)22-10-6-8-17-15(21)16(3)11-14(20)18-13-7-4-5-9-19(13)16/h4-5,7,9,12H,6,8,10-11H2,1-3H3,(H,17,21). The fourth-order valence-electron chi connectivity index (χ4n) is 2.46. The zero-order valence-electron chi connectivity index (χ0n) is 13.3. The minimum atomic E-state index is -0.936. The normalized spacial score (nSPS) is 23.5. The molecule has 0 aromatic carbocycles. The van der Waals surface area contributed by atoms with Gasteiger partial charge in [0.25, 0.3) is 5.91 Å². The molecule has 0 aliphatic carbocycles. The van der Waals surface area contributed by atoms with E-state index in [1.807, 2.05) is 19.9 Å². The van der Waals surface area contributed by atoms with E-state index < -0.39 is 5.54 Å². The first-order valence-electron chi connectivity index (χ1n) is 7.59. The summed E-state index contributed by atoms with van der Waals surface area (Å²) >= 11 is 0. The molecule has 0 fully saturated rings. The highest BCUT2D eigenvalue weighted by atomic mass is 16.5. The van der Waals surface area contributed by atoms with Crippen molar-refractivity contribution in [1.82, 2.24) is 10.2 Å². The van der Waals surface area contributed by atoms with Gasteiger partial charge in [-0.25, -0.2) is 0 Å². The van der Waals surface area contributed by atoms with E-state index >= 15 is 0 Å². The molecule has 2 rings (SSSR count). The van der Waals surface area contributed by atoms with Gasteiger partial charge >= 0.3 is 0 Å². The molecule has 2 heterocycles. The molecule has 6 heteroatoms. The van der Waals surface area contributed by atoms with Crippen LogP contribution in [-0.4, -0.2) is 47.3 Å². The highest BCUT2D eigenvalue weighted by Crippen LogP contribution is 2.27. The highest BCUT2D eigenvalue weighted by molar-refractivity contribution is 6.09. The molecule has 0 aromatic rings. The summed E-state index contributed by atoms with van der Waals surface area (Å²) in [6, 6.07) is 0. The van der Waals surface area contributed by atoms with Gasteiger partial charge in [0.15, 0.2) is 0 Å². The summed E-state index contributed by atoms with van der Waals surface area (Å²) in [5.41, 5.74) is -0.936. The Morgan fingerprint density at radius 3 is 3.00 bits per heavy atom. The van der Waals surface area contributed by atoms with Crippen LogP contribution in [0.15, 0.2) is 29.4 Å². The van der Waals surface area contributed by atoms with E-state index in [9.17, 15) is 9.59 Å². The van der Waals surface area contributed by atoms with Crippen LogP contribution in [0.25, 0.3) is 0 Å². The zero-order chi connectivity index (χ0) is 16.2. The lowest BCUT2D eigenvalue weighted by Gasteiger charge is -2.41. The average molecular weight is 305 g/mol. The summed E-state index contributed by atoms with van der Waals surface area (Å²) in [5, 5.41) is 2.89. The molecular formula is C16H23N3O3. The van der Waals surface area contributed by atoms with Gasteiger partial charge in [-0.05, 0) is 39.3 Å². The smallest absolute Gasteiger partial charge is 0.250 e. The van der Waals surface area contributed by atoms with Gasteiger partial charge in [-0.2, -0.15) is 4.99 Å². The van der Waals surface area contributed by atoms with Crippen molar-refractivity contribution >= 4 is 17.6 Å². The van der Waals surface area contributed by atoms with E-state index in [0.717, 1.165) is 6.42 Å². The maximum atomic E-state index is 12.6. The predicted molar refractivity (Wildman–Crippen MR) is 84.3 cm³/mol. The Hall–Kier alpha value is -1.95. The van der Waals surface area contributed by atoms with Crippen LogP contribution in [0, 0.1) is 0 Å². The van der Waals surface area contributed by atoms with Gasteiger partial charge < -0.3 is 15.0 Å². The summed E-state index contributed by atoms with van der Waals surface area (Å²) in [4.78, 5) is 30.1. The number of hydrogen-bond donors (Lipinski definition) is 1. The third kappa shape index (κ3) is 3.62. The van der Waals surface area contributed by atoms with E-state index in [2.05, 4.69) is 10.3 Å². The summed E-state index contributed by atoms with van der Waals surface area (Å²) in [5.74, 6) is 0.0734. The molecule has 2 aliphatic heterocycles. The number of nitrogens with zero attached hydrogens (tertiary/aromatic N) is 2. The minimum absolute atomic E-state index is 0.0724. The molecular weight excluding hydrogens is 282 g/mol. The minimum Gasteiger partial charge on any atom is -0.379 e. The monoisotopic (exact) mass is 305 g/mol.